The van der Waals surface area contributed by atoms with Crippen LogP contribution in [0.25, 0.3) is 0 Å². The Bertz CT molecular complexity index is 666. The van der Waals surface area contributed by atoms with E-state index in [1.165, 1.54) is 17.7 Å². The monoisotopic (exact) mass is 349 g/mol. The summed E-state index contributed by atoms with van der Waals surface area (Å²) in [6.45, 7) is 2.59. The van der Waals surface area contributed by atoms with Crippen LogP contribution in [-0.2, 0) is 12.8 Å². The second-order valence-electron chi connectivity index (χ2n) is 5.52. The van der Waals surface area contributed by atoms with Gasteiger partial charge >= 0.3 is 0 Å². The van der Waals surface area contributed by atoms with Crippen LogP contribution in [0.1, 0.15) is 28.3 Å². The SMILES string of the molecule is Cc1cc(F)cc(C(N)Cc2cc(Br)cc3c2OCC3)c1. The number of halogens is 2. The van der Waals surface area contributed by atoms with Gasteiger partial charge in [0.05, 0.1) is 6.61 Å². The molecule has 2 aromatic carbocycles. The topological polar surface area (TPSA) is 35.2 Å². The predicted molar refractivity (Wildman–Crippen MR) is 85.1 cm³/mol. The number of fused-ring (bicyclic) bond motifs is 1. The number of nitrogens with two attached hydrogens (primary N) is 1. The molecule has 0 saturated carbocycles. The maximum absolute atomic E-state index is 13.5. The summed E-state index contributed by atoms with van der Waals surface area (Å²) in [6.07, 6.45) is 1.56. The molecule has 0 radical (unpaired) electrons. The Kier molecular flexibility index (Phi) is 4.00. The third-order valence-corrected chi connectivity index (χ3v) is 4.22. The van der Waals surface area contributed by atoms with Gasteiger partial charge in [0.2, 0.25) is 0 Å². The van der Waals surface area contributed by atoms with Crippen molar-refractivity contribution in [3.63, 3.8) is 0 Å². The lowest BCUT2D eigenvalue weighted by Crippen LogP contribution is -2.14. The predicted octanol–water partition coefficient (Wildman–Crippen LogP) is 4.07. The number of hydrogen-bond donors (Lipinski definition) is 1. The average Bonchev–Trinajstić information content (AvgIpc) is 2.85. The minimum Gasteiger partial charge on any atom is -0.493 e. The van der Waals surface area contributed by atoms with Crippen molar-refractivity contribution in [2.24, 2.45) is 5.73 Å². The Morgan fingerprint density at radius 1 is 1.29 bits per heavy atom. The van der Waals surface area contributed by atoms with Crippen molar-refractivity contribution in [3.8, 4) is 5.75 Å². The average molecular weight is 350 g/mol. The molecule has 0 amide bonds. The van der Waals surface area contributed by atoms with E-state index in [-0.39, 0.29) is 11.9 Å². The van der Waals surface area contributed by atoms with E-state index in [4.69, 9.17) is 10.5 Å². The molecule has 1 atom stereocenters. The van der Waals surface area contributed by atoms with Crippen molar-refractivity contribution in [1.29, 1.82) is 0 Å². The van der Waals surface area contributed by atoms with Gasteiger partial charge in [0.1, 0.15) is 11.6 Å². The van der Waals surface area contributed by atoms with Crippen LogP contribution in [0.3, 0.4) is 0 Å². The van der Waals surface area contributed by atoms with Crippen molar-refractivity contribution in [1.82, 2.24) is 0 Å². The highest BCUT2D eigenvalue weighted by Crippen LogP contribution is 2.35. The van der Waals surface area contributed by atoms with Crippen molar-refractivity contribution in [3.05, 3.63) is 62.9 Å². The van der Waals surface area contributed by atoms with Crippen LogP contribution in [-0.4, -0.2) is 6.61 Å². The molecule has 0 fully saturated rings. The van der Waals surface area contributed by atoms with E-state index in [1.807, 2.05) is 19.1 Å². The molecule has 0 spiro atoms. The van der Waals surface area contributed by atoms with Gasteiger partial charge in [-0.3, -0.25) is 0 Å². The smallest absolute Gasteiger partial charge is 0.125 e. The summed E-state index contributed by atoms with van der Waals surface area (Å²) < 4.78 is 20.3. The quantitative estimate of drug-likeness (QED) is 0.906. The van der Waals surface area contributed by atoms with E-state index < -0.39 is 0 Å². The van der Waals surface area contributed by atoms with Crippen LogP contribution in [0.2, 0.25) is 0 Å². The lowest BCUT2D eigenvalue weighted by Gasteiger charge is -2.16. The molecule has 1 aliphatic rings. The fourth-order valence-electron chi connectivity index (χ4n) is 2.83. The summed E-state index contributed by atoms with van der Waals surface area (Å²) in [5.41, 5.74) is 10.3. The molecule has 0 aliphatic carbocycles. The number of rotatable bonds is 3. The largest absolute Gasteiger partial charge is 0.493 e. The molecule has 2 aromatic rings. The summed E-state index contributed by atoms with van der Waals surface area (Å²) in [5, 5.41) is 0. The molecule has 1 aliphatic heterocycles. The van der Waals surface area contributed by atoms with Gasteiger partial charge in [-0.2, -0.15) is 0 Å². The Morgan fingerprint density at radius 3 is 2.86 bits per heavy atom. The summed E-state index contributed by atoms with van der Waals surface area (Å²) in [4.78, 5) is 0. The molecule has 1 heterocycles. The van der Waals surface area contributed by atoms with Crippen molar-refractivity contribution >= 4 is 15.9 Å². The first kappa shape index (κ1) is 14.5. The Hall–Kier alpha value is -1.39. The molecule has 0 bridgehead atoms. The molecular weight excluding hydrogens is 333 g/mol. The van der Waals surface area contributed by atoms with Gasteiger partial charge in [0.25, 0.3) is 0 Å². The summed E-state index contributed by atoms with van der Waals surface area (Å²) in [7, 11) is 0. The fourth-order valence-corrected chi connectivity index (χ4v) is 3.38. The first-order chi connectivity index (χ1) is 10.0. The van der Waals surface area contributed by atoms with Crippen LogP contribution >= 0.6 is 15.9 Å². The molecule has 110 valence electrons. The lowest BCUT2D eigenvalue weighted by atomic mass is 9.96. The standard InChI is InChI=1S/C17H17BrFNO/c1-10-4-12(8-15(19)5-10)16(20)9-13-7-14(18)6-11-2-3-21-17(11)13/h4-8,16H,2-3,9,20H2,1H3. The third-order valence-electron chi connectivity index (χ3n) is 3.76. The van der Waals surface area contributed by atoms with Crippen LogP contribution in [0, 0.1) is 12.7 Å². The van der Waals surface area contributed by atoms with E-state index in [9.17, 15) is 4.39 Å². The van der Waals surface area contributed by atoms with Crippen molar-refractivity contribution < 1.29 is 9.13 Å². The van der Waals surface area contributed by atoms with E-state index in [1.54, 1.807) is 0 Å². The molecule has 0 aromatic heterocycles. The zero-order valence-electron chi connectivity index (χ0n) is 11.8. The summed E-state index contributed by atoms with van der Waals surface area (Å²) in [6, 6.07) is 8.83. The first-order valence-corrected chi connectivity index (χ1v) is 7.79. The zero-order valence-corrected chi connectivity index (χ0v) is 13.4. The van der Waals surface area contributed by atoms with Crippen LogP contribution in [0.4, 0.5) is 4.39 Å². The highest BCUT2D eigenvalue weighted by molar-refractivity contribution is 9.10. The van der Waals surface area contributed by atoms with Crippen LogP contribution in [0.5, 0.6) is 5.75 Å². The van der Waals surface area contributed by atoms with E-state index in [0.29, 0.717) is 13.0 Å². The molecule has 0 saturated heterocycles. The van der Waals surface area contributed by atoms with Gasteiger partial charge in [-0.25, -0.2) is 4.39 Å². The molecular formula is C17H17BrFNO. The van der Waals surface area contributed by atoms with Gasteiger partial charge in [0, 0.05) is 16.9 Å². The molecule has 21 heavy (non-hydrogen) atoms. The van der Waals surface area contributed by atoms with Gasteiger partial charge in [-0.1, -0.05) is 22.0 Å². The molecule has 3 rings (SSSR count). The Labute approximate surface area is 132 Å². The van der Waals surface area contributed by atoms with E-state index >= 15 is 0 Å². The first-order valence-electron chi connectivity index (χ1n) is 6.99. The molecule has 1 unspecified atom stereocenters. The number of hydrogen-bond acceptors (Lipinski definition) is 2. The molecule has 2 nitrogen and oxygen atoms in total. The van der Waals surface area contributed by atoms with Gasteiger partial charge in [-0.05, 0) is 59.9 Å². The second kappa shape index (κ2) is 5.78. The van der Waals surface area contributed by atoms with Crippen molar-refractivity contribution in [2.45, 2.75) is 25.8 Å². The number of aryl methyl sites for hydroxylation is 1. The Morgan fingerprint density at radius 2 is 2.10 bits per heavy atom. The highest BCUT2D eigenvalue weighted by atomic mass is 79.9. The molecule has 2 N–H and O–H groups in total. The minimum absolute atomic E-state index is 0.240. The normalized spacial score (nSPS) is 14.7. The maximum Gasteiger partial charge on any atom is 0.125 e. The number of benzene rings is 2. The van der Waals surface area contributed by atoms with E-state index in [2.05, 4.69) is 22.0 Å². The Balaban J connectivity index is 1.90. The minimum atomic E-state index is -0.248. The third kappa shape index (κ3) is 3.11. The van der Waals surface area contributed by atoms with E-state index in [0.717, 1.165) is 33.3 Å². The van der Waals surface area contributed by atoms with Gasteiger partial charge < -0.3 is 10.5 Å². The van der Waals surface area contributed by atoms with Gasteiger partial charge in [0.15, 0.2) is 0 Å². The fraction of sp³-hybridized carbons (Fsp3) is 0.294. The second-order valence-corrected chi connectivity index (χ2v) is 6.44. The lowest BCUT2D eigenvalue weighted by molar-refractivity contribution is 0.352. The number of ether oxygens (including phenoxy) is 1. The summed E-state index contributed by atoms with van der Waals surface area (Å²) >= 11 is 3.53. The zero-order chi connectivity index (χ0) is 15.0. The molecule has 4 heteroatoms. The van der Waals surface area contributed by atoms with Crippen LogP contribution < -0.4 is 10.5 Å². The van der Waals surface area contributed by atoms with Crippen LogP contribution in [0.15, 0.2) is 34.8 Å². The van der Waals surface area contributed by atoms with Gasteiger partial charge in [-0.15, -0.1) is 0 Å². The maximum atomic E-state index is 13.5. The van der Waals surface area contributed by atoms with Crippen molar-refractivity contribution in [2.75, 3.05) is 6.61 Å². The summed E-state index contributed by atoms with van der Waals surface area (Å²) in [5.74, 6) is 0.706. The highest BCUT2D eigenvalue weighted by Gasteiger charge is 2.19.